The Bertz CT molecular complexity index is 848. The maximum Gasteiger partial charge on any atom is 0.229 e. The summed E-state index contributed by atoms with van der Waals surface area (Å²) < 4.78 is 0. The summed E-state index contributed by atoms with van der Waals surface area (Å²) >= 11 is 6.17. The predicted octanol–water partition coefficient (Wildman–Crippen LogP) is 5.10. The highest BCUT2D eigenvalue weighted by molar-refractivity contribution is 6.31. The van der Waals surface area contributed by atoms with Crippen molar-refractivity contribution in [3.05, 3.63) is 76.4 Å². The molecule has 24 heavy (non-hydrogen) atoms. The number of benzene rings is 2. The van der Waals surface area contributed by atoms with Gasteiger partial charge in [-0.1, -0.05) is 47.5 Å². The van der Waals surface area contributed by atoms with Crippen LogP contribution in [0.2, 0.25) is 5.02 Å². The fourth-order valence-corrected chi connectivity index (χ4v) is 2.62. The van der Waals surface area contributed by atoms with E-state index in [0.717, 1.165) is 27.7 Å². The summed E-state index contributed by atoms with van der Waals surface area (Å²) in [7, 11) is 0. The monoisotopic (exact) mass is 338 g/mol. The highest BCUT2D eigenvalue weighted by Gasteiger charge is 2.04. The molecule has 4 nitrogen and oxygen atoms in total. The molecule has 0 bridgehead atoms. The third-order valence-electron chi connectivity index (χ3n) is 3.70. The average molecular weight is 339 g/mol. The second-order valence-electron chi connectivity index (χ2n) is 5.65. The first-order valence-electron chi connectivity index (χ1n) is 7.76. The Kier molecular flexibility index (Phi) is 4.96. The third-order valence-corrected chi connectivity index (χ3v) is 4.07. The van der Waals surface area contributed by atoms with Gasteiger partial charge in [0.05, 0.1) is 0 Å². The topological polar surface area (TPSA) is 49.8 Å². The van der Waals surface area contributed by atoms with Crippen molar-refractivity contribution in [1.29, 1.82) is 0 Å². The van der Waals surface area contributed by atoms with Gasteiger partial charge in [-0.25, -0.2) is 4.98 Å². The molecule has 0 aliphatic heterocycles. The lowest BCUT2D eigenvalue weighted by Crippen LogP contribution is -2.05. The SMILES string of the molecule is Cc1ccc(Nc2nccc(NCc3ccccc3Cl)n2)c(C)c1. The van der Waals surface area contributed by atoms with Gasteiger partial charge in [-0.15, -0.1) is 0 Å². The Morgan fingerprint density at radius 1 is 1.04 bits per heavy atom. The van der Waals surface area contributed by atoms with Crippen LogP contribution in [0.3, 0.4) is 0 Å². The van der Waals surface area contributed by atoms with E-state index in [1.165, 1.54) is 5.56 Å². The number of nitrogens with zero attached hydrogens (tertiary/aromatic N) is 2. The van der Waals surface area contributed by atoms with Crippen LogP contribution in [0.5, 0.6) is 0 Å². The first-order valence-corrected chi connectivity index (χ1v) is 8.14. The quantitative estimate of drug-likeness (QED) is 0.679. The van der Waals surface area contributed by atoms with Gasteiger partial charge < -0.3 is 10.6 Å². The van der Waals surface area contributed by atoms with Crippen LogP contribution in [0, 0.1) is 13.8 Å². The lowest BCUT2D eigenvalue weighted by atomic mass is 10.1. The van der Waals surface area contributed by atoms with Crippen molar-refractivity contribution >= 4 is 29.1 Å². The molecule has 0 aliphatic rings. The molecule has 2 N–H and O–H groups in total. The second kappa shape index (κ2) is 7.32. The Hall–Kier alpha value is -2.59. The van der Waals surface area contributed by atoms with Crippen LogP contribution in [0.4, 0.5) is 17.5 Å². The summed E-state index contributed by atoms with van der Waals surface area (Å²) in [6.07, 6.45) is 1.73. The van der Waals surface area contributed by atoms with Crippen molar-refractivity contribution in [1.82, 2.24) is 9.97 Å². The smallest absolute Gasteiger partial charge is 0.229 e. The van der Waals surface area contributed by atoms with Crippen LogP contribution in [-0.2, 0) is 6.54 Å². The maximum atomic E-state index is 6.17. The van der Waals surface area contributed by atoms with Crippen LogP contribution in [-0.4, -0.2) is 9.97 Å². The normalized spacial score (nSPS) is 10.5. The van der Waals surface area contributed by atoms with Crippen molar-refractivity contribution in [2.75, 3.05) is 10.6 Å². The van der Waals surface area contributed by atoms with E-state index >= 15 is 0 Å². The number of halogens is 1. The van der Waals surface area contributed by atoms with Gasteiger partial charge in [0, 0.05) is 23.5 Å². The zero-order valence-electron chi connectivity index (χ0n) is 13.7. The molecule has 3 aromatic rings. The molecule has 0 unspecified atom stereocenters. The van der Waals surface area contributed by atoms with Gasteiger partial charge in [-0.3, -0.25) is 0 Å². The molecule has 0 spiro atoms. The summed E-state index contributed by atoms with van der Waals surface area (Å²) in [6.45, 7) is 4.75. The van der Waals surface area contributed by atoms with Gasteiger partial charge >= 0.3 is 0 Å². The van der Waals surface area contributed by atoms with E-state index in [-0.39, 0.29) is 0 Å². The Balaban J connectivity index is 1.71. The van der Waals surface area contributed by atoms with E-state index in [1.807, 2.05) is 36.4 Å². The minimum atomic E-state index is 0.561. The van der Waals surface area contributed by atoms with Crippen LogP contribution >= 0.6 is 11.6 Å². The van der Waals surface area contributed by atoms with Crippen molar-refractivity contribution in [3.63, 3.8) is 0 Å². The molecule has 122 valence electrons. The van der Waals surface area contributed by atoms with E-state index in [9.17, 15) is 0 Å². The summed E-state index contributed by atoms with van der Waals surface area (Å²) in [5, 5.41) is 7.28. The van der Waals surface area contributed by atoms with Gasteiger partial charge in [0.25, 0.3) is 0 Å². The second-order valence-corrected chi connectivity index (χ2v) is 6.06. The van der Waals surface area contributed by atoms with Crippen molar-refractivity contribution in [2.24, 2.45) is 0 Å². The van der Waals surface area contributed by atoms with E-state index < -0.39 is 0 Å². The third kappa shape index (κ3) is 4.03. The van der Waals surface area contributed by atoms with Crippen LogP contribution < -0.4 is 10.6 Å². The van der Waals surface area contributed by atoms with Crippen molar-refractivity contribution in [2.45, 2.75) is 20.4 Å². The fourth-order valence-electron chi connectivity index (χ4n) is 2.42. The van der Waals surface area contributed by atoms with E-state index in [2.05, 4.69) is 46.6 Å². The molecular formula is C19H19ClN4. The molecule has 5 heteroatoms. The maximum absolute atomic E-state index is 6.17. The molecular weight excluding hydrogens is 320 g/mol. The average Bonchev–Trinajstić information content (AvgIpc) is 2.57. The Morgan fingerprint density at radius 3 is 2.67 bits per heavy atom. The molecule has 0 saturated carbocycles. The molecule has 0 amide bonds. The van der Waals surface area contributed by atoms with Crippen LogP contribution in [0.1, 0.15) is 16.7 Å². The van der Waals surface area contributed by atoms with Crippen LogP contribution in [0.25, 0.3) is 0 Å². The number of nitrogens with one attached hydrogen (secondary N) is 2. The molecule has 1 aromatic heterocycles. The molecule has 0 aliphatic carbocycles. The summed E-state index contributed by atoms with van der Waals surface area (Å²) in [5.41, 5.74) is 4.42. The number of hydrogen-bond acceptors (Lipinski definition) is 4. The zero-order valence-corrected chi connectivity index (χ0v) is 14.4. The first-order chi connectivity index (χ1) is 11.6. The standard InChI is InChI=1S/C19H19ClN4/c1-13-7-8-17(14(2)11-13)23-19-21-10-9-18(24-19)22-12-15-5-3-4-6-16(15)20/h3-11H,12H2,1-2H3,(H2,21,22,23,24). The molecule has 3 rings (SSSR count). The van der Waals surface area contributed by atoms with Gasteiger partial charge in [0.15, 0.2) is 0 Å². The molecule has 1 heterocycles. The Labute approximate surface area is 146 Å². The summed E-state index contributed by atoms with van der Waals surface area (Å²) in [4.78, 5) is 8.78. The van der Waals surface area contributed by atoms with E-state index in [1.54, 1.807) is 6.20 Å². The predicted molar refractivity (Wildman–Crippen MR) is 100 cm³/mol. The number of aromatic nitrogens is 2. The largest absolute Gasteiger partial charge is 0.366 e. The van der Waals surface area contributed by atoms with Gasteiger partial charge in [-0.2, -0.15) is 4.98 Å². The lowest BCUT2D eigenvalue weighted by Gasteiger charge is -2.11. The summed E-state index contributed by atoms with van der Waals surface area (Å²) in [5.74, 6) is 1.31. The number of hydrogen-bond donors (Lipinski definition) is 2. The van der Waals surface area contributed by atoms with Crippen LogP contribution in [0.15, 0.2) is 54.7 Å². The van der Waals surface area contributed by atoms with E-state index in [4.69, 9.17) is 11.6 Å². The van der Waals surface area contributed by atoms with Gasteiger partial charge in [-0.05, 0) is 43.2 Å². The Morgan fingerprint density at radius 2 is 1.88 bits per heavy atom. The highest BCUT2D eigenvalue weighted by atomic mass is 35.5. The number of aryl methyl sites for hydroxylation is 2. The fraction of sp³-hybridized carbons (Fsp3) is 0.158. The summed E-state index contributed by atoms with van der Waals surface area (Å²) in [6, 6.07) is 15.8. The van der Waals surface area contributed by atoms with E-state index in [0.29, 0.717) is 12.5 Å². The molecule has 0 saturated heterocycles. The first kappa shape index (κ1) is 16.3. The minimum absolute atomic E-state index is 0.561. The molecule has 0 atom stereocenters. The number of anilines is 3. The van der Waals surface area contributed by atoms with Crippen molar-refractivity contribution in [3.8, 4) is 0 Å². The lowest BCUT2D eigenvalue weighted by molar-refractivity contribution is 1.08. The number of rotatable bonds is 5. The zero-order chi connectivity index (χ0) is 16.9. The molecule has 0 fully saturated rings. The van der Waals surface area contributed by atoms with Gasteiger partial charge in [0.1, 0.15) is 5.82 Å². The molecule has 0 radical (unpaired) electrons. The van der Waals surface area contributed by atoms with Gasteiger partial charge in [0.2, 0.25) is 5.95 Å². The minimum Gasteiger partial charge on any atom is -0.366 e. The molecule has 2 aromatic carbocycles. The highest BCUT2D eigenvalue weighted by Crippen LogP contribution is 2.20. The van der Waals surface area contributed by atoms with Crippen molar-refractivity contribution < 1.29 is 0 Å².